The first-order chi connectivity index (χ1) is 8.74. The number of rotatable bonds is 2. The highest BCUT2D eigenvalue weighted by atomic mass is 16.1. The van der Waals surface area contributed by atoms with Crippen LogP contribution in [0.3, 0.4) is 0 Å². The van der Waals surface area contributed by atoms with Crippen molar-refractivity contribution in [2.24, 2.45) is 5.92 Å². The Balaban J connectivity index is 1.86. The van der Waals surface area contributed by atoms with Crippen LogP contribution in [0.4, 0.5) is 0 Å². The minimum Gasteiger partial charge on any atom is -0.306 e. The van der Waals surface area contributed by atoms with Gasteiger partial charge in [-0.25, -0.2) is 9.78 Å². The highest BCUT2D eigenvalue weighted by Gasteiger charge is 2.19. The first kappa shape index (κ1) is 11.5. The molecule has 0 aromatic carbocycles. The molecule has 1 saturated heterocycles. The van der Waals surface area contributed by atoms with Gasteiger partial charge in [0.05, 0.1) is 5.52 Å². The Kier molecular flexibility index (Phi) is 2.91. The van der Waals surface area contributed by atoms with Crippen molar-refractivity contribution in [2.75, 3.05) is 20.1 Å². The van der Waals surface area contributed by atoms with Crippen molar-refractivity contribution in [3.63, 3.8) is 0 Å². The molecule has 3 heterocycles. The molecule has 96 valence electrons. The summed E-state index contributed by atoms with van der Waals surface area (Å²) in [4.78, 5) is 21.3. The molecule has 0 spiro atoms. The summed E-state index contributed by atoms with van der Waals surface area (Å²) < 4.78 is 1.83. The van der Waals surface area contributed by atoms with Crippen LogP contribution in [0, 0.1) is 5.92 Å². The zero-order valence-corrected chi connectivity index (χ0v) is 10.6. The van der Waals surface area contributed by atoms with E-state index in [0.29, 0.717) is 11.6 Å². The number of pyridine rings is 1. The quantitative estimate of drug-likeness (QED) is 0.862. The third-order valence-corrected chi connectivity index (χ3v) is 3.83. The zero-order valence-electron chi connectivity index (χ0n) is 10.6. The molecule has 1 aliphatic heterocycles. The van der Waals surface area contributed by atoms with Gasteiger partial charge in [-0.15, -0.1) is 0 Å². The van der Waals surface area contributed by atoms with Crippen LogP contribution < -0.4 is 5.69 Å². The van der Waals surface area contributed by atoms with E-state index in [-0.39, 0.29) is 5.69 Å². The Morgan fingerprint density at radius 2 is 2.22 bits per heavy atom. The Labute approximate surface area is 105 Å². The lowest BCUT2D eigenvalue weighted by molar-refractivity contribution is 0.205. The molecule has 18 heavy (non-hydrogen) atoms. The summed E-state index contributed by atoms with van der Waals surface area (Å²) in [5.41, 5.74) is 1.57. The number of H-pyrrole nitrogens is 1. The summed E-state index contributed by atoms with van der Waals surface area (Å²) in [6.45, 7) is 3.05. The van der Waals surface area contributed by atoms with Gasteiger partial charge in [0.25, 0.3) is 0 Å². The highest BCUT2D eigenvalue weighted by molar-refractivity contribution is 5.70. The molecule has 0 saturated carbocycles. The number of nitrogens with zero attached hydrogens (tertiary/aromatic N) is 3. The standard InChI is InChI=1S/C13H18N4O/c1-16-7-4-10(5-8-16)9-17-11-3-2-6-14-12(11)15-13(17)18/h2-3,6,10H,4-5,7-9H2,1H3,(H,14,15,18). The van der Waals surface area contributed by atoms with E-state index in [9.17, 15) is 4.79 Å². The van der Waals surface area contributed by atoms with E-state index in [4.69, 9.17) is 0 Å². The maximum absolute atomic E-state index is 11.9. The van der Waals surface area contributed by atoms with Crippen molar-refractivity contribution < 1.29 is 0 Å². The van der Waals surface area contributed by atoms with Gasteiger partial charge < -0.3 is 4.90 Å². The van der Waals surface area contributed by atoms with Crippen molar-refractivity contribution in [1.82, 2.24) is 19.4 Å². The fraction of sp³-hybridized carbons (Fsp3) is 0.538. The molecule has 0 unspecified atom stereocenters. The summed E-state index contributed by atoms with van der Waals surface area (Å²) in [5, 5.41) is 0. The lowest BCUT2D eigenvalue weighted by Crippen LogP contribution is -2.33. The van der Waals surface area contributed by atoms with E-state index in [1.54, 1.807) is 6.20 Å². The van der Waals surface area contributed by atoms with Crippen molar-refractivity contribution in [1.29, 1.82) is 0 Å². The van der Waals surface area contributed by atoms with Crippen LogP contribution in [0.2, 0.25) is 0 Å². The third kappa shape index (κ3) is 2.06. The van der Waals surface area contributed by atoms with E-state index in [1.165, 1.54) is 0 Å². The largest absolute Gasteiger partial charge is 0.327 e. The summed E-state index contributed by atoms with van der Waals surface area (Å²) in [6, 6.07) is 3.83. The molecule has 1 aliphatic rings. The second kappa shape index (κ2) is 4.57. The lowest BCUT2D eigenvalue weighted by Gasteiger charge is -2.28. The Morgan fingerprint density at radius 3 is 3.00 bits per heavy atom. The average Bonchev–Trinajstić information content (AvgIpc) is 2.69. The van der Waals surface area contributed by atoms with Gasteiger partial charge in [0, 0.05) is 12.7 Å². The number of likely N-dealkylation sites (tertiary alicyclic amines) is 1. The van der Waals surface area contributed by atoms with E-state index >= 15 is 0 Å². The topological polar surface area (TPSA) is 53.9 Å². The third-order valence-electron chi connectivity index (χ3n) is 3.83. The lowest BCUT2D eigenvalue weighted by atomic mass is 9.97. The first-order valence-electron chi connectivity index (χ1n) is 6.46. The highest BCUT2D eigenvalue weighted by Crippen LogP contribution is 2.19. The molecule has 3 rings (SSSR count). The van der Waals surface area contributed by atoms with E-state index in [0.717, 1.165) is 38.0 Å². The smallest absolute Gasteiger partial charge is 0.306 e. The minimum atomic E-state index is -0.0392. The van der Waals surface area contributed by atoms with Crippen molar-refractivity contribution >= 4 is 11.2 Å². The summed E-state index contributed by atoms with van der Waals surface area (Å²) in [5.74, 6) is 0.595. The maximum atomic E-state index is 11.9. The molecule has 0 radical (unpaired) electrons. The number of fused-ring (bicyclic) bond motifs is 1. The van der Waals surface area contributed by atoms with Crippen molar-refractivity contribution in [2.45, 2.75) is 19.4 Å². The second-order valence-electron chi connectivity index (χ2n) is 5.16. The van der Waals surface area contributed by atoms with Gasteiger partial charge in [-0.1, -0.05) is 0 Å². The van der Waals surface area contributed by atoms with Gasteiger partial charge in [0.15, 0.2) is 5.65 Å². The fourth-order valence-corrected chi connectivity index (χ4v) is 2.67. The SMILES string of the molecule is CN1CCC(Cn2c(=O)[nH]c3ncccc32)CC1. The number of hydrogen-bond donors (Lipinski definition) is 1. The van der Waals surface area contributed by atoms with Crippen LogP contribution in [0.5, 0.6) is 0 Å². The second-order valence-corrected chi connectivity index (χ2v) is 5.16. The number of piperidine rings is 1. The van der Waals surface area contributed by atoms with Crippen LogP contribution >= 0.6 is 0 Å². The number of aromatic amines is 1. The molecule has 0 atom stereocenters. The number of nitrogens with one attached hydrogen (secondary N) is 1. The van der Waals surface area contributed by atoms with Crippen LogP contribution in [0.25, 0.3) is 11.2 Å². The first-order valence-corrected chi connectivity index (χ1v) is 6.46. The molecule has 1 fully saturated rings. The van der Waals surface area contributed by atoms with Crippen molar-refractivity contribution in [3.8, 4) is 0 Å². The molecular weight excluding hydrogens is 228 g/mol. The molecule has 2 aromatic heterocycles. The molecule has 5 nitrogen and oxygen atoms in total. The van der Waals surface area contributed by atoms with Gasteiger partial charge in [-0.3, -0.25) is 9.55 Å². The summed E-state index contributed by atoms with van der Waals surface area (Å²) in [6.07, 6.45) is 4.03. The zero-order chi connectivity index (χ0) is 12.5. The van der Waals surface area contributed by atoms with Crippen LogP contribution in [-0.2, 0) is 6.54 Å². The maximum Gasteiger partial charge on any atom is 0.327 e. The Hall–Kier alpha value is -1.62. The molecule has 0 aliphatic carbocycles. The molecule has 2 aromatic rings. The van der Waals surface area contributed by atoms with Crippen LogP contribution in [-0.4, -0.2) is 39.6 Å². The van der Waals surface area contributed by atoms with Gasteiger partial charge in [-0.2, -0.15) is 0 Å². The predicted molar refractivity (Wildman–Crippen MR) is 70.6 cm³/mol. The summed E-state index contributed by atoms with van der Waals surface area (Å²) >= 11 is 0. The minimum absolute atomic E-state index is 0.0392. The predicted octanol–water partition coefficient (Wildman–Crippen LogP) is 1.07. The fourth-order valence-electron chi connectivity index (χ4n) is 2.67. The molecule has 5 heteroatoms. The van der Waals surface area contributed by atoms with Crippen molar-refractivity contribution in [3.05, 3.63) is 28.8 Å². The van der Waals surface area contributed by atoms with E-state index in [2.05, 4.69) is 21.9 Å². The normalized spacial score (nSPS) is 18.5. The number of imidazole rings is 1. The van der Waals surface area contributed by atoms with Gasteiger partial charge in [0.1, 0.15) is 0 Å². The van der Waals surface area contributed by atoms with E-state index in [1.807, 2.05) is 16.7 Å². The number of aromatic nitrogens is 3. The molecule has 0 bridgehead atoms. The van der Waals surface area contributed by atoms with Crippen LogP contribution in [0.1, 0.15) is 12.8 Å². The van der Waals surface area contributed by atoms with Gasteiger partial charge >= 0.3 is 5.69 Å². The number of hydrogen-bond acceptors (Lipinski definition) is 3. The summed E-state index contributed by atoms with van der Waals surface area (Å²) in [7, 11) is 2.15. The van der Waals surface area contributed by atoms with Crippen LogP contribution in [0.15, 0.2) is 23.1 Å². The van der Waals surface area contributed by atoms with E-state index < -0.39 is 0 Å². The average molecular weight is 246 g/mol. The Morgan fingerprint density at radius 1 is 1.44 bits per heavy atom. The van der Waals surface area contributed by atoms with Gasteiger partial charge in [-0.05, 0) is 51.0 Å². The van der Waals surface area contributed by atoms with Gasteiger partial charge in [0.2, 0.25) is 0 Å². The molecule has 0 amide bonds. The molecule has 1 N–H and O–H groups in total. The Bertz CT molecular complexity index is 592. The molecular formula is C13H18N4O. The monoisotopic (exact) mass is 246 g/mol.